The maximum atomic E-state index is 5.84. The van der Waals surface area contributed by atoms with Crippen LogP contribution in [0, 0.1) is 0 Å². The molecule has 1 aliphatic carbocycles. The van der Waals surface area contributed by atoms with Gasteiger partial charge in [0.1, 0.15) is 5.69 Å². The van der Waals surface area contributed by atoms with Gasteiger partial charge in [0.05, 0.1) is 30.8 Å². The molecule has 6 aromatic rings. The van der Waals surface area contributed by atoms with Gasteiger partial charge in [-0.1, -0.05) is 54.6 Å². The van der Waals surface area contributed by atoms with E-state index in [0.717, 1.165) is 57.5 Å². The molecule has 8 nitrogen and oxygen atoms in total. The van der Waals surface area contributed by atoms with E-state index in [1.54, 1.807) is 6.33 Å². The van der Waals surface area contributed by atoms with Crippen LogP contribution in [0.4, 0.5) is 0 Å². The lowest BCUT2D eigenvalue weighted by Gasteiger charge is -2.43. The Kier molecular flexibility index (Phi) is 4.95. The molecule has 4 aromatic heterocycles. The van der Waals surface area contributed by atoms with Crippen molar-refractivity contribution in [2.24, 2.45) is 7.05 Å². The molecule has 1 saturated carbocycles. The van der Waals surface area contributed by atoms with Crippen LogP contribution in [0.15, 0.2) is 85.5 Å². The van der Waals surface area contributed by atoms with Gasteiger partial charge in [0.25, 0.3) is 0 Å². The van der Waals surface area contributed by atoms with Crippen molar-refractivity contribution in [1.29, 1.82) is 0 Å². The molecule has 192 valence electrons. The van der Waals surface area contributed by atoms with Crippen molar-refractivity contribution in [3.05, 3.63) is 91.0 Å². The summed E-state index contributed by atoms with van der Waals surface area (Å²) in [5.74, 6) is 0.831. The average molecular weight is 515 g/mol. The van der Waals surface area contributed by atoms with E-state index in [2.05, 4.69) is 69.8 Å². The standard InChI is InChI=1S/C31H26N6O2/c1-36-18-27(32-19-36)30-35-34-29-25-15-24(21-5-3-2-4-6-21)28(33-26(25)11-12-37(29)30)22-9-7-20(8-10-22)23-16-31(17-23)38-13-14-39-31/h2-12,15,18-19,23H,13-14,16-17H2,1H3. The Labute approximate surface area is 224 Å². The van der Waals surface area contributed by atoms with E-state index in [-0.39, 0.29) is 5.79 Å². The van der Waals surface area contributed by atoms with Crippen molar-refractivity contribution in [3.8, 4) is 33.9 Å². The van der Waals surface area contributed by atoms with Crippen molar-refractivity contribution < 1.29 is 9.47 Å². The van der Waals surface area contributed by atoms with Crippen LogP contribution in [0.3, 0.4) is 0 Å². The highest BCUT2D eigenvalue weighted by molar-refractivity contribution is 5.98. The third-order valence-electron chi connectivity index (χ3n) is 7.97. The van der Waals surface area contributed by atoms with Crippen molar-refractivity contribution in [3.63, 3.8) is 0 Å². The normalized spacial score (nSPS) is 16.8. The summed E-state index contributed by atoms with van der Waals surface area (Å²) in [5, 5.41) is 9.97. The molecule has 2 aromatic carbocycles. The monoisotopic (exact) mass is 514 g/mol. The minimum absolute atomic E-state index is 0.340. The second kappa shape index (κ2) is 8.56. The molecule has 0 bridgehead atoms. The maximum Gasteiger partial charge on any atom is 0.188 e. The minimum atomic E-state index is -0.340. The van der Waals surface area contributed by atoms with Gasteiger partial charge >= 0.3 is 0 Å². The molecule has 8 rings (SSSR count). The van der Waals surface area contributed by atoms with E-state index in [1.165, 1.54) is 5.56 Å². The molecule has 0 unspecified atom stereocenters. The summed E-state index contributed by atoms with van der Waals surface area (Å²) in [4.78, 5) is 9.65. The molecule has 1 aliphatic heterocycles. The Morgan fingerprint density at radius 3 is 2.44 bits per heavy atom. The lowest BCUT2D eigenvalue weighted by molar-refractivity contribution is -0.215. The lowest BCUT2D eigenvalue weighted by Crippen LogP contribution is -2.43. The Hall–Kier alpha value is -4.40. The first-order valence-electron chi connectivity index (χ1n) is 13.3. The van der Waals surface area contributed by atoms with Gasteiger partial charge in [0.15, 0.2) is 17.3 Å². The van der Waals surface area contributed by atoms with Gasteiger partial charge in [-0.3, -0.25) is 4.40 Å². The van der Waals surface area contributed by atoms with Gasteiger partial charge in [-0.05, 0) is 29.2 Å². The van der Waals surface area contributed by atoms with Gasteiger partial charge in [-0.15, -0.1) is 10.2 Å². The third kappa shape index (κ3) is 3.67. The zero-order chi connectivity index (χ0) is 26.0. The second-order valence-electron chi connectivity index (χ2n) is 10.5. The van der Waals surface area contributed by atoms with Crippen molar-refractivity contribution >= 4 is 16.6 Å². The Bertz CT molecular complexity index is 1830. The van der Waals surface area contributed by atoms with E-state index in [1.807, 2.05) is 40.5 Å². The maximum absolute atomic E-state index is 5.84. The van der Waals surface area contributed by atoms with E-state index in [4.69, 9.17) is 14.5 Å². The number of fused-ring (bicyclic) bond motifs is 3. The highest BCUT2D eigenvalue weighted by Crippen LogP contribution is 2.49. The van der Waals surface area contributed by atoms with E-state index < -0.39 is 0 Å². The number of aromatic nitrogens is 6. The average Bonchev–Trinajstić information content (AvgIpc) is 3.72. The summed E-state index contributed by atoms with van der Waals surface area (Å²) < 4.78 is 15.6. The van der Waals surface area contributed by atoms with E-state index in [0.29, 0.717) is 25.0 Å². The van der Waals surface area contributed by atoms with Crippen LogP contribution in [-0.4, -0.2) is 48.1 Å². The van der Waals surface area contributed by atoms with Crippen LogP contribution < -0.4 is 0 Å². The first kappa shape index (κ1) is 22.6. The number of aryl methyl sites for hydroxylation is 1. The Balaban J connectivity index is 1.23. The fourth-order valence-corrected chi connectivity index (χ4v) is 5.93. The van der Waals surface area contributed by atoms with Crippen LogP contribution in [0.5, 0.6) is 0 Å². The number of benzene rings is 2. The fourth-order valence-electron chi connectivity index (χ4n) is 5.93. The summed E-state index contributed by atoms with van der Waals surface area (Å²) >= 11 is 0. The summed E-state index contributed by atoms with van der Waals surface area (Å²) in [6.45, 7) is 1.40. The number of hydrogen-bond acceptors (Lipinski definition) is 6. The zero-order valence-corrected chi connectivity index (χ0v) is 21.5. The minimum Gasteiger partial charge on any atom is -0.347 e. The molecule has 1 saturated heterocycles. The first-order valence-corrected chi connectivity index (χ1v) is 13.3. The lowest BCUT2D eigenvalue weighted by atomic mass is 9.74. The van der Waals surface area contributed by atoms with Crippen LogP contribution in [-0.2, 0) is 16.5 Å². The number of hydrogen-bond donors (Lipinski definition) is 0. The van der Waals surface area contributed by atoms with Gasteiger partial charge in [-0.25, -0.2) is 9.97 Å². The second-order valence-corrected chi connectivity index (χ2v) is 10.5. The molecule has 0 radical (unpaired) electrons. The highest BCUT2D eigenvalue weighted by atomic mass is 16.7. The van der Waals surface area contributed by atoms with E-state index >= 15 is 0 Å². The molecule has 0 N–H and O–H groups in total. The summed E-state index contributed by atoms with van der Waals surface area (Å²) in [7, 11) is 1.94. The van der Waals surface area contributed by atoms with Crippen molar-refractivity contribution in [2.45, 2.75) is 24.5 Å². The first-order chi connectivity index (χ1) is 19.2. The number of nitrogens with zero attached hydrogens (tertiary/aromatic N) is 6. The molecular weight excluding hydrogens is 488 g/mol. The third-order valence-corrected chi connectivity index (χ3v) is 7.97. The zero-order valence-electron chi connectivity index (χ0n) is 21.5. The summed E-state index contributed by atoms with van der Waals surface area (Å²) in [5.41, 5.74) is 7.92. The molecule has 8 heteroatoms. The van der Waals surface area contributed by atoms with Gasteiger partial charge in [0, 0.05) is 48.8 Å². The van der Waals surface area contributed by atoms with Crippen LogP contribution in [0.1, 0.15) is 24.3 Å². The molecule has 5 heterocycles. The number of ether oxygens (including phenoxy) is 2. The summed E-state index contributed by atoms with van der Waals surface area (Å²) in [6.07, 6.45) is 7.53. The number of rotatable bonds is 4. The summed E-state index contributed by atoms with van der Waals surface area (Å²) in [6, 6.07) is 23.4. The SMILES string of the molecule is Cn1cnc(-c2nnc3c4cc(-c5ccccc5)c(-c5ccc(C6CC7(C6)OCCO7)cc5)nc4ccn23)c1. The molecule has 0 atom stereocenters. The largest absolute Gasteiger partial charge is 0.347 e. The predicted octanol–water partition coefficient (Wildman–Crippen LogP) is 5.63. The van der Waals surface area contributed by atoms with Gasteiger partial charge in [-0.2, -0.15) is 0 Å². The molecule has 39 heavy (non-hydrogen) atoms. The number of imidazole rings is 1. The smallest absolute Gasteiger partial charge is 0.188 e. The van der Waals surface area contributed by atoms with Crippen molar-refractivity contribution in [2.75, 3.05) is 13.2 Å². The quantitative estimate of drug-likeness (QED) is 0.303. The topological polar surface area (TPSA) is 79.4 Å². The van der Waals surface area contributed by atoms with Gasteiger partial charge in [0.2, 0.25) is 0 Å². The molecular formula is C31H26N6O2. The molecule has 2 aliphatic rings. The van der Waals surface area contributed by atoms with E-state index in [9.17, 15) is 0 Å². The predicted molar refractivity (Wildman–Crippen MR) is 148 cm³/mol. The molecule has 2 fully saturated rings. The van der Waals surface area contributed by atoms with Crippen molar-refractivity contribution in [1.82, 2.24) is 29.1 Å². The molecule has 1 spiro atoms. The number of pyridine rings is 2. The highest BCUT2D eigenvalue weighted by Gasteiger charge is 2.49. The Morgan fingerprint density at radius 1 is 0.897 bits per heavy atom. The van der Waals surface area contributed by atoms with Crippen LogP contribution in [0.2, 0.25) is 0 Å². The molecule has 0 amide bonds. The Morgan fingerprint density at radius 2 is 1.69 bits per heavy atom. The fraction of sp³-hybridized carbons (Fsp3) is 0.226. The van der Waals surface area contributed by atoms with Crippen LogP contribution >= 0.6 is 0 Å². The van der Waals surface area contributed by atoms with Gasteiger partial charge < -0.3 is 14.0 Å². The van der Waals surface area contributed by atoms with Crippen LogP contribution in [0.25, 0.3) is 50.5 Å².